The number of hydrogen-bond acceptors (Lipinski definition) is 3. The molecule has 1 amide bonds. The number of piperidine rings is 1. The Balaban J connectivity index is 2.23. The molecule has 0 aliphatic carbocycles. The largest absolute Gasteiger partial charge is 0.366 e. The minimum absolute atomic E-state index is 0.305. The molecular weight excluding hydrogens is 202 g/mol. The summed E-state index contributed by atoms with van der Waals surface area (Å²) in [5.74, 6) is -0.379. The third-order valence-electron chi connectivity index (χ3n) is 3.23. The van der Waals surface area contributed by atoms with Crippen LogP contribution < -0.4 is 21.6 Å². The van der Waals surface area contributed by atoms with Gasteiger partial charge < -0.3 is 11.1 Å². The van der Waals surface area contributed by atoms with Crippen LogP contribution in [0.4, 0.5) is 0 Å². The number of hydrogen-bond donors (Lipinski definition) is 2. The molecule has 0 bridgehead atoms. The van der Waals surface area contributed by atoms with E-state index in [0.717, 1.165) is 30.1 Å². The van der Waals surface area contributed by atoms with Gasteiger partial charge in [-0.2, -0.15) is 0 Å². The third kappa shape index (κ3) is 1.34. The SMILES string of the molecule is NC(=O)c1ccc2c(c1)=C1CNCCC1N=2. The molecule has 0 radical (unpaired) electrons. The summed E-state index contributed by atoms with van der Waals surface area (Å²) in [5.41, 5.74) is 7.14. The second-order valence-electron chi connectivity index (χ2n) is 4.23. The van der Waals surface area contributed by atoms with Crippen molar-refractivity contribution in [2.75, 3.05) is 13.1 Å². The van der Waals surface area contributed by atoms with Gasteiger partial charge in [0.15, 0.2) is 0 Å². The standard InChI is InChI=1S/C12H13N3O/c13-12(16)7-1-2-10-8(5-7)9-6-14-4-3-11(9)15-10/h1-2,5,11,14H,3-4,6H2,(H2,13,16). The van der Waals surface area contributed by atoms with Crippen molar-refractivity contribution in [3.63, 3.8) is 0 Å². The molecule has 3 N–H and O–H groups in total. The molecule has 16 heavy (non-hydrogen) atoms. The second-order valence-corrected chi connectivity index (χ2v) is 4.23. The van der Waals surface area contributed by atoms with Gasteiger partial charge in [0.25, 0.3) is 0 Å². The van der Waals surface area contributed by atoms with Crippen LogP contribution >= 0.6 is 0 Å². The van der Waals surface area contributed by atoms with Gasteiger partial charge in [-0.3, -0.25) is 9.79 Å². The molecule has 1 atom stereocenters. The third-order valence-corrected chi connectivity index (χ3v) is 3.23. The summed E-state index contributed by atoms with van der Waals surface area (Å²) in [6.45, 7) is 1.87. The Bertz CT molecular complexity index is 576. The lowest BCUT2D eigenvalue weighted by Gasteiger charge is -2.19. The van der Waals surface area contributed by atoms with Crippen molar-refractivity contribution in [2.24, 2.45) is 10.7 Å². The molecule has 82 valence electrons. The van der Waals surface area contributed by atoms with E-state index in [4.69, 9.17) is 5.73 Å². The first-order valence-electron chi connectivity index (χ1n) is 5.47. The number of carbonyl (C=O) groups excluding carboxylic acids is 1. The van der Waals surface area contributed by atoms with E-state index in [1.807, 2.05) is 12.1 Å². The molecule has 3 rings (SSSR count). The van der Waals surface area contributed by atoms with Crippen LogP contribution in [0.1, 0.15) is 16.8 Å². The minimum atomic E-state index is -0.379. The van der Waals surface area contributed by atoms with Crippen molar-refractivity contribution < 1.29 is 4.79 Å². The quantitative estimate of drug-likeness (QED) is 0.626. The smallest absolute Gasteiger partial charge is 0.248 e. The molecule has 2 aliphatic heterocycles. The highest BCUT2D eigenvalue weighted by molar-refractivity contribution is 5.92. The summed E-state index contributed by atoms with van der Waals surface area (Å²) >= 11 is 0. The summed E-state index contributed by atoms with van der Waals surface area (Å²) in [5, 5.41) is 5.42. The van der Waals surface area contributed by atoms with Gasteiger partial charge in [-0.15, -0.1) is 0 Å². The lowest BCUT2D eigenvalue weighted by Crippen LogP contribution is -2.34. The predicted molar refractivity (Wildman–Crippen MR) is 60.4 cm³/mol. The average Bonchev–Trinajstić information content (AvgIpc) is 2.66. The van der Waals surface area contributed by atoms with E-state index in [-0.39, 0.29) is 5.91 Å². The van der Waals surface area contributed by atoms with Crippen molar-refractivity contribution in [1.29, 1.82) is 0 Å². The first kappa shape index (κ1) is 9.54. The van der Waals surface area contributed by atoms with Crippen LogP contribution in [0.15, 0.2) is 23.2 Å². The molecule has 1 saturated heterocycles. The molecule has 1 aromatic carbocycles. The second kappa shape index (κ2) is 3.42. The average molecular weight is 215 g/mol. The Morgan fingerprint density at radius 3 is 3.19 bits per heavy atom. The molecule has 0 aromatic heterocycles. The number of fused-ring (bicyclic) bond motifs is 2. The maximum Gasteiger partial charge on any atom is 0.248 e. The first-order chi connectivity index (χ1) is 7.75. The summed E-state index contributed by atoms with van der Waals surface area (Å²) in [6.07, 6.45) is 1.04. The Kier molecular flexibility index (Phi) is 2.04. The lowest BCUT2D eigenvalue weighted by molar-refractivity contribution is 0.1000. The number of carbonyl (C=O) groups is 1. The van der Waals surface area contributed by atoms with Crippen LogP contribution in [-0.4, -0.2) is 25.0 Å². The Labute approximate surface area is 92.9 Å². The molecule has 1 fully saturated rings. The van der Waals surface area contributed by atoms with Gasteiger partial charge in [0.2, 0.25) is 5.91 Å². The minimum Gasteiger partial charge on any atom is -0.366 e. The molecule has 2 heterocycles. The topological polar surface area (TPSA) is 67.5 Å². The summed E-state index contributed by atoms with van der Waals surface area (Å²) in [7, 11) is 0. The van der Waals surface area contributed by atoms with E-state index in [9.17, 15) is 4.79 Å². The number of nitrogens with one attached hydrogen (secondary N) is 1. The molecule has 2 aliphatic rings. The number of nitrogens with two attached hydrogens (primary N) is 1. The maximum absolute atomic E-state index is 11.1. The number of primary amides is 1. The van der Waals surface area contributed by atoms with Crippen molar-refractivity contribution in [3.8, 4) is 0 Å². The van der Waals surface area contributed by atoms with Crippen molar-refractivity contribution in [2.45, 2.75) is 12.5 Å². The molecule has 0 saturated carbocycles. The van der Waals surface area contributed by atoms with Gasteiger partial charge >= 0.3 is 0 Å². The van der Waals surface area contributed by atoms with Gasteiger partial charge in [-0.25, -0.2) is 0 Å². The zero-order valence-corrected chi connectivity index (χ0v) is 8.86. The van der Waals surface area contributed by atoms with Gasteiger partial charge in [0, 0.05) is 17.3 Å². The maximum atomic E-state index is 11.1. The summed E-state index contributed by atoms with van der Waals surface area (Å²) in [6, 6.07) is 5.81. The number of amides is 1. The van der Waals surface area contributed by atoms with Gasteiger partial charge in [0.05, 0.1) is 11.4 Å². The molecule has 1 unspecified atom stereocenters. The first-order valence-corrected chi connectivity index (χ1v) is 5.47. The van der Waals surface area contributed by atoms with Crippen LogP contribution in [-0.2, 0) is 0 Å². The van der Waals surface area contributed by atoms with Crippen molar-refractivity contribution >= 4 is 11.5 Å². The molecular formula is C12H13N3O. The normalized spacial score (nSPS) is 22.2. The van der Waals surface area contributed by atoms with Crippen LogP contribution in [0.2, 0.25) is 0 Å². The Hall–Kier alpha value is -1.68. The molecule has 4 nitrogen and oxygen atoms in total. The summed E-state index contributed by atoms with van der Waals surface area (Å²) in [4.78, 5) is 15.8. The zero-order chi connectivity index (χ0) is 11.1. The molecule has 0 spiro atoms. The highest BCUT2D eigenvalue weighted by Crippen LogP contribution is 2.15. The monoisotopic (exact) mass is 215 g/mol. The van der Waals surface area contributed by atoms with E-state index in [2.05, 4.69) is 10.3 Å². The predicted octanol–water partition coefficient (Wildman–Crippen LogP) is -1.07. The number of nitrogens with zero attached hydrogens (tertiary/aromatic N) is 1. The van der Waals surface area contributed by atoms with Gasteiger partial charge in [0.1, 0.15) is 0 Å². The van der Waals surface area contributed by atoms with Crippen LogP contribution in [0.3, 0.4) is 0 Å². The number of benzene rings is 1. The highest BCUT2D eigenvalue weighted by atomic mass is 16.1. The van der Waals surface area contributed by atoms with Crippen molar-refractivity contribution in [3.05, 3.63) is 34.3 Å². The van der Waals surface area contributed by atoms with E-state index in [0.29, 0.717) is 11.6 Å². The highest BCUT2D eigenvalue weighted by Gasteiger charge is 2.22. The number of rotatable bonds is 1. The van der Waals surface area contributed by atoms with Crippen molar-refractivity contribution in [1.82, 2.24) is 5.32 Å². The molecule has 4 heteroatoms. The fourth-order valence-corrected chi connectivity index (χ4v) is 2.40. The van der Waals surface area contributed by atoms with Gasteiger partial charge in [-0.05, 0) is 36.7 Å². The Morgan fingerprint density at radius 1 is 1.50 bits per heavy atom. The fourth-order valence-electron chi connectivity index (χ4n) is 2.40. The summed E-state index contributed by atoms with van der Waals surface area (Å²) < 4.78 is 0. The van der Waals surface area contributed by atoms with Crippen LogP contribution in [0.5, 0.6) is 0 Å². The zero-order valence-electron chi connectivity index (χ0n) is 8.86. The van der Waals surface area contributed by atoms with Crippen LogP contribution in [0, 0.1) is 0 Å². The molecule has 1 aromatic rings. The van der Waals surface area contributed by atoms with E-state index in [1.165, 1.54) is 5.57 Å². The van der Waals surface area contributed by atoms with E-state index < -0.39 is 0 Å². The van der Waals surface area contributed by atoms with E-state index >= 15 is 0 Å². The lowest BCUT2D eigenvalue weighted by atomic mass is 10.00. The van der Waals surface area contributed by atoms with Crippen LogP contribution in [0.25, 0.3) is 5.57 Å². The fraction of sp³-hybridized carbons (Fsp3) is 0.333. The van der Waals surface area contributed by atoms with E-state index in [1.54, 1.807) is 6.07 Å². The van der Waals surface area contributed by atoms with Gasteiger partial charge in [-0.1, -0.05) is 0 Å². The Morgan fingerprint density at radius 2 is 2.38 bits per heavy atom.